The van der Waals surface area contributed by atoms with E-state index >= 15 is 0 Å². The molecule has 1 atom stereocenters. The molecule has 0 aliphatic heterocycles. The molecule has 1 N–H and O–H groups in total. The highest BCUT2D eigenvalue weighted by Crippen LogP contribution is 2.34. The second kappa shape index (κ2) is 8.85. The summed E-state index contributed by atoms with van der Waals surface area (Å²) in [5, 5.41) is 3.50. The number of halogens is 2. The molecule has 112 valence electrons. The predicted octanol–water partition coefficient (Wildman–Crippen LogP) is 5.40. The summed E-state index contributed by atoms with van der Waals surface area (Å²) >= 11 is 7.10. The molecule has 0 aliphatic rings. The van der Waals surface area contributed by atoms with Crippen LogP contribution in [0.5, 0.6) is 5.75 Å². The molecule has 0 aromatic heterocycles. The van der Waals surface area contributed by atoms with E-state index in [-0.39, 0.29) is 0 Å². The molecule has 1 aromatic carbocycles. The van der Waals surface area contributed by atoms with Crippen LogP contribution in [-0.4, -0.2) is 19.2 Å². The maximum absolute atomic E-state index is 5.75. The summed E-state index contributed by atoms with van der Waals surface area (Å²) in [6.45, 7) is 10.2. The van der Waals surface area contributed by atoms with Gasteiger partial charge in [0.2, 0.25) is 0 Å². The molecule has 1 unspecified atom stereocenters. The first kappa shape index (κ1) is 17.7. The van der Waals surface area contributed by atoms with Crippen molar-refractivity contribution in [3.63, 3.8) is 0 Å². The summed E-state index contributed by atoms with van der Waals surface area (Å²) in [4.78, 5) is 0. The van der Waals surface area contributed by atoms with Crippen molar-refractivity contribution in [2.75, 3.05) is 13.2 Å². The SMILES string of the molecule is CCCNC(C)/C(C)=C/c1cc(Br)cc(Br)c1OCC. The summed E-state index contributed by atoms with van der Waals surface area (Å²) in [6.07, 6.45) is 3.33. The van der Waals surface area contributed by atoms with Crippen molar-refractivity contribution in [2.24, 2.45) is 0 Å². The maximum Gasteiger partial charge on any atom is 0.140 e. The highest BCUT2D eigenvalue weighted by Gasteiger charge is 2.10. The van der Waals surface area contributed by atoms with Crippen LogP contribution in [0.15, 0.2) is 26.7 Å². The van der Waals surface area contributed by atoms with Crippen molar-refractivity contribution < 1.29 is 4.74 Å². The van der Waals surface area contributed by atoms with Crippen molar-refractivity contribution in [1.82, 2.24) is 5.32 Å². The maximum atomic E-state index is 5.75. The summed E-state index contributed by atoms with van der Waals surface area (Å²) in [7, 11) is 0. The third-order valence-electron chi connectivity index (χ3n) is 3.09. The van der Waals surface area contributed by atoms with Crippen LogP contribution in [-0.2, 0) is 0 Å². The fourth-order valence-corrected chi connectivity index (χ4v) is 3.25. The smallest absolute Gasteiger partial charge is 0.140 e. The lowest BCUT2D eigenvalue weighted by Gasteiger charge is -2.16. The van der Waals surface area contributed by atoms with Gasteiger partial charge >= 0.3 is 0 Å². The Morgan fingerprint density at radius 2 is 2.05 bits per heavy atom. The molecule has 2 nitrogen and oxygen atoms in total. The summed E-state index contributed by atoms with van der Waals surface area (Å²) in [5.41, 5.74) is 2.39. The van der Waals surface area contributed by atoms with Crippen LogP contribution in [0.2, 0.25) is 0 Å². The van der Waals surface area contributed by atoms with Gasteiger partial charge in [-0.05, 0) is 61.8 Å². The van der Waals surface area contributed by atoms with Gasteiger partial charge in [-0.25, -0.2) is 0 Å². The molecule has 0 amide bonds. The third kappa shape index (κ3) is 5.23. The molecule has 0 bridgehead atoms. The molecular formula is C16H23Br2NO. The molecule has 0 radical (unpaired) electrons. The van der Waals surface area contributed by atoms with Crippen LogP contribution < -0.4 is 10.1 Å². The summed E-state index contributed by atoms with van der Waals surface area (Å²) in [5.74, 6) is 0.901. The van der Waals surface area contributed by atoms with Crippen molar-refractivity contribution in [1.29, 1.82) is 0 Å². The normalized spacial score (nSPS) is 13.4. The second-order valence-corrected chi connectivity index (χ2v) is 6.57. The number of benzene rings is 1. The van der Waals surface area contributed by atoms with Gasteiger partial charge in [0.1, 0.15) is 5.75 Å². The van der Waals surface area contributed by atoms with Gasteiger partial charge in [-0.1, -0.05) is 34.5 Å². The van der Waals surface area contributed by atoms with Crippen LogP contribution in [0.25, 0.3) is 6.08 Å². The molecule has 0 spiro atoms. The molecule has 1 aromatic rings. The number of hydrogen-bond acceptors (Lipinski definition) is 2. The van der Waals surface area contributed by atoms with Gasteiger partial charge in [-0.3, -0.25) is 0 Å². The van der Waals surface area contributed by atoms with Crippen LogP contribution >= 0.6 is 31.9 Å². The van der Waals surface area contributed by atoms with Crippen molar-refractivity contribution >= 4 is 37.9 Å². The van der Waals surface area contributed by atoms with Crippen molar-refractivity contribution in [3.05, 3.63) is 32.2 Å². The minimum atomic E-state index is 0.363. The fraction of sp³-hybridized carbons (Fsp3) is 0.500. The Balaban J connectivity index is 3.05. The quantitative estimate of drug-likeness (QED) is 0.656. The third-order valence-corrected chi connectivity index (χ3v) is 4.14. The van der Waals surface area contributed by atoms with Gasteiger partial charge < -0.3 is 10.1 Å². The van der Waals surface area contributed by atoms with Gasteiger partial charge in [0.25, 0.3) is 0 Å². The fourth-order valence-electron chi connectivity index (χ4n) is 1.88. The first-order valence-corrected chi connectivity index (χ1v) is 8.61. The van der Waals surface area contributed by atoms with E-state index in [1.807, 2.05) is 13.0 Å². The Hall–Kier alpha value is -0.320. The lowest BCUT2D eigenvalue weighted by molar-refractivity contribution is 0.337. The van der Waals surface area contributed by atoms with E-state index in [1.165, 1.54) is 5.57 Å². The number of hydrogen-bond donors (Lipinski definition) is 1. The minimum absolute atomic E-state index is 0.363. The first-order valence-electron chi connectivity index (χ1n) is 7.03. The molecule has 0 saturated carbocycles. The van der Waals surface area contributed by atoms with E-state index in [4.69, 9.17) is 4.74 Å². The zero-order valence-corrected chi connectivity index (χ0v) is 15.8. The van der Waals surface area contributed by atoms with Crippen LogP contribution in [0, 0.1) is 0 Å². The van der Waals surface area contributed by atoms with Gasteiger partial charge in [-0.2, -0.15) is 0 Å². The molecule has 4 heteroatoms. The highest BCUT2D eigenvalue weighted by molar-refractivity contribution is 9.11. The first-order chi connectivity index (χ1) is 9.49. The van der Waals surface area contributed by atoms with Crippen LogP contribution in [0.1, 0.15) is 39.7 Å². The number of rotatable bonds is 7. The lowest BCUT2D eigenvalue weighted by atomic mass is 10.1. The molecular weight excluding hydrogens is 382 g/mol. The molecule has 1 rings (SSSR count). The molecule has 0 saturated heterocycles. The minimum Gasteiger partial charge on any atom is -0.492 e. The summed E-state index contributed by atoms with van der Waals surface area (Å²) in [6, 6.07) is 4.46. The van der Waals surface area contributed by atoms with Gasteiger partial charge in [-0.15, -0.1) is 0 Å². The highest BCUT2D eigenvalue weighted by atomic mass is 79.9. The largest absolute Gasteiger partial charge is 0.492 e. The van der Waals surface area contributed by atoms with E-state index in [0.29, 0.717) is 12.6 Å². The van der Waals surface area contributed by atoms with Crippen molar-refractivity contribution in [3.8, 4) is 5.75 Å². The monoisotopic (exact) mass is 403 g/mol. The Labute approximate surface area is 139 Å². The molecule has 20 heavy (non-hydrogen) atoms. The Morgan fingerprint density at radius 3 is 2.65 bits per heavy atom. The summed E-state index contributed by atoms with van der Waals surface area (Å²) < 4.78 is 7.77. The van der Waals surface area contributed by atoms with E-state index in [0.717, 1.165) is 33.2 Å². The van der Waals surface area contributed by atoms with E-state index in [2.05, 4.69) is 70.1 Å². The van der Waals surface area contributed by atoms with E-state index in [1.54, 1.807) is 0 Å². The molecule has 0 heterocycles. The standard InChI is InChI=1S/C16H23Br2NO/c1-5-7-19-12(4)11(3)8-13-9-14(17)10-15(18)16(13)20-6-2/h8-10,12,19H,5-7H2,1-4H3/b11-8+. The topological polar surface area (TPSA) is 21.3 Å². The zero-order chi connectivity index (χ0) is 15.1. The van der Waals surface area contributed by atoms with Gasteiger partial charge in [0, 0.05) is 16.1 Å². The van der Waals surface area contributed by atoms with Crippen molar-refractivity contribution in [2.45, 2.75) is 40.2 Å². The van der Waals surface area contributed by atoms with E-state index < -0.39 is 0 Å². The zero-order valence-electron chi connectivity index (χ0n) is 12.6. The Bertz CT molecular complexity index is 472. The number of ether oxygens (including phenoxy) is 1. The second-order valence-electron chi connectivity index (χ2n) is 4.80. The van der Waals surface area contributed by atoms with E-state index in [9.17, 15) is 0 Å². The van der Waals surface area contributed by atoms with Crippen LogP contribution in [0.4, 0.5) is 0 Å². The lowest BCUT2D eigenvalue weighted by Crippen LogP contribution is -2.27. The Kier molecular flexibility index (Phi) is 7.85. The average molecular weight is 405 g/mol. The molecule has 0 aliphatic carbocycles. The average Bonchev–Trinajstić information content (AvgIpc) is 2.39. The number of nitrogens with one attached hydrogen (secondary N) is 1. The van der Waals surface area contributed by atoms with Gasteiger partial charge in [0.15, 0.2) is 0 Å². The van der Waals surface area contributed by atoms with Gasteiger partial charge in [0.05, 0.1) is 11.1 Å². The molecule has 0 fully saturated rings. The Morgan fingerprint density at radius 1 is 1.35 bits per heavy atom. The predicted molar refractivity (Wildman–Crippen MR) is 94.4 cm³/mol. The van der Waals surface area contributed by atoms with Crippen LogP contribution in [0.3, 0.4) is 0 Å².